The number of nitrogens with one attached hydrogen (secondary N) is 1. The topological polar surface area (TPSA) is 51.5 Å². The summed E-state index contributed by atoms with van der Waals surface area (Å²) in [5, 5.41) is 2.81. The van der Waals surface area contributed by atoms with Crippen LogP contribution in [0.1, 0.15) is 27.4 Å². The summed E-state index contributed by atoms with van der Waals surface area (Å²) in [5.74, 6) is 0.0449. The van der Waals surface area contributed by atoms with E-state index in [4.69, 9.17) is 20.8 Å². The molecule has 0 spiro atoms. The lowest BCUT2D eigenvalue weighted by atomic mass is 10.1. The van der Waals surface area contributed by atoms with Crippen LogP contribution in [0, 0.1) is 6.92 Å². The van der Waals surface area contributed by atoms with Crippen LogP contribution in [0.4, 0.5) is 18.9 Å². The average Bonchev–Trinajstić information content (AvgIpc) is 3.10. The Hall–Kier alpha value is -2.93. The van der Waals surface area contributed by atoms with Gasteiger partial charge < -0.3 is 14.5 Å². The van der Waals surface area contributed by atoms with Gasteiger partial charge in [-0.05, 0) is 55.0 Å². The van der Waals surface area contributed by atoms with Crippen LogP contribution in [-0.4, -0.2) is 5.91 Å². The summed E-state index contributed by atoms with van der Waals surface area (Å²) in [7, 11) is 0. The molecular weight excluding hydrogens is 395 g/mol. The Kier molecular flexibility index (Phi) is 5.65. The van der Waals surface area contributed by atoms with Crippen molar-refractivity contribution in [2.75, 3.05) is 5.32 Å². The lowest BCUT2D eigenvalue weighted by Crippen LogP contribution is -2.16. The Bertz CT molecular complexity index is 998. The molecule has 4 nitrogen and oxygen atoms in total. The first kappa shape index (κ1) is 19.8. The lowest BCUT2D eigenvalue weighted by molar-refractivity contribution is -0.136. The highest BCUT2D eigenvalue weighted by atomic mass is 35.5. The van der Waals surface area contributed by atoms with Gasteiger partial charge in [0.15, 0.2) is 5.76 Å². The fraction of sp³-hybridized carbons (Fsp3) is 0.150. The maximum Gasteiger partial charge on any atom is 0.418 e. The second kappa shape index (κ2) is 7.98. The molecule has 1 heterocycles. The number of rotatable bonds is 5. The number of anilines is 1. The van der Waals surface area contributed by atoms with Gasteiger partial charge in [-0.1, -0.05) is 23.7 Å². The number of hydrogen-bond donors (Lipinski definition) is 1. The Balaban J connectivity index is 1.68. The van der Waals surface area contributed by atoms with Crippen LogP contribution in [0.15, 0.2) is 59.0 Å². The van der Waals surface area contributed by atoms with Crippen molar-refractivity contribution in [1.82, 2.24) is 0 Å². The summed E-state index contributed by atoms with van der Waals surface area (Å²) in [6.07, 6.45) is -4.58. The number of alkyl halides is 3. The highest BCUT2D eigenvalue weighted by Gasteiger charge is 2.33. The molecule has 0 atom stereocenters. The number of para-hydroxylation sites is 1. The average molecular weight is 410 g/mol. The SMILES string of the molecule is Cc1cc(Cl)ccc1OCc1ccc(C(=O)Nc2ccccc2C(F)(F)F)o1. The smallest absolute Gasteiger partial charge is 0.418 e. The molecule has 146 valence electrons. The van der Waals surface area contributed by atoms with E-state index < -0.39 is 17.6 Å². The number of furan rings is 1. The molecular formula is C20H15ClF3NO3. The number of carbonyl (C=O) groups is 1. The predicted molar refractivity (Wildman–Crippen MR) is 98.6 cm³/mol. The number of halogens is 4. The van der Waals surface area contributed by atoms with Crippen LogP contribution >= 0.6 is 11.6 Å². The van der Waals surface area contributed by atoms with Gasteiger partial charge in [-0.2, -0.15) is 13.2 Å². The molecule has 0 aliphatic rings. The van der Waals surface area contributed by atoms with Crippen LogP contribution in [0.2, 0.25) is 5.02 Å². The third-order valence-corrected chi connectivity index (χ3v) is 4.11. The molecule has 0 fully saturated rings. The van der Waals surface area contributed by atoms with Gasteiger partial charge in [0.05, 0.1) is 11.3 Å². The second-order valence-corrected chi connectivity index (χ2v) is 6.40. The van der Waals surface area contributed by atoms with E-state index >= 15 is 0 Å². The molecule has 0 aliphatic heterocycles. The summed E-state index contributed by atoms with van der Waals surface area (Å²) < 4.78 is 50.1. The number of amides is 1. The van der Waals surface area contributed by atoms with Crippen LogP contribution < -0.4 is 10.1 Å². The maximum atomic E-state index is 13.0. The van der Waals surface area contributed by atoms with Gasteiger partial charge in [0.1, 0.15) is 18.1 Å². The Morgan fingerprint density at radius 2 is 1.89 bits per heavy atom. The van der Waals surface area contributed by atoms with Crippen LogP contribution in [0.3, 0.4) is 0 Å². The Labute approximate surface area is 163 Å². The molecule has 0 saturated heterocycles. The molecule has 1 aromatic heterocycles. The summed E-state index contributed by atoms with van der Waals surface area (Å²) >= 11 is 5.89. The number of hydrogen-bond acceptors (Lipinski definition) is 3. The largest absolute Gasteiger partial charge is 0.485 e. The summed E-state index contributed by atoms with van der Waals surface area (Å²) in [6, 6.07) is 12.8. The predicted octanol–water partition coefficient (Wildman–Crippen LogP) is 6.09. The van der Waals surface area contributed by atoms with Gasteiger partial charge >= 0.3 is 6.18 Å². The van der Waals surface area contributed by atoms with E-state index in [1.54, 1.807) is 18.2 Å². The van der Waals surface area contributed by atoms with Crippen molar-refractivity contribution >= 4 is 23.2 Å². The first-order valence-electron chi connectivity index (χ1n) is 8.19. The molecule has 3 aromatic rings. The normalized spacial score (nSPS) is 11.3. The third-order valence-electron chi connectivity index (χ3n) is 3.87. The van der Waals surface area contributed by atoms with Crippen molar-refractivity contribution < 1.29 is 27.1 Å². The molecule has 3 rings (SSSR count). The van der Waals surface area contributed by atoms with Crippen LogP contribution in [0.5, 0.6) is 5.75 Å². The molecule has 0 unspecified atom stereocenters. The number of benzene rings is 2. The number of ether oxygens (including phenoxy) is 1. The molecule has 0 aliphatic carbocycles. The standard InChI is InChI=1S/C20H15ClF3NO3/c1-12-10-13(21)6-8-17(12)27-11-14-7-9-18(28-14)19(26)25-16-5-3-2-4-15(16)20(22,23)24/h2-10H,11H2,1H3,(H,25,26). The van der Waals surface area contributed by atoms with Gasteiger partial charge in [-0.3, -0.25) is 4.79 Å². The third kappa shape index (κ3) is 4.67. The summed E-state index contributed by atoms with van der Waals surface area (Å²) in [4.78, 5) is 12.2. The molecule has 8 heteroatoms. The van der Waals surface area contributed by atoms with Crippen molar-refractivity contribution in [3.63, 3.8) is 0 Å². The zero-order valence-electron chi connectivity index (χ0n) is 14.6. The van der Waals surface area contributed by atoms with E-state index in [0.29, 0.717) is 16.5 Å². The van der Waals surface area contributed by atoms with E-state index in [2.05, 4.69) is 5.32 Å². The van der Waals surface area contributed by atoms with Crippen molar-refractivity contribution in [3.8, 4) is 5.75 Å². The summed E-state index contributed by atoms with van der Waals surface area (Å²) in [6.45, 7) is 1.88. The first-order chi connectivity index (χ1) is 13.2. The fourth-order valence-electron chi connectivity index (χ4n) is 2.52. The van der Waals surface area contributed by atoms with Crippen molar-refractivity contribution in [3.05, 3.63) is 82.3 Å². The highest BCUT2D eigenvalue weighted by molar-refractivity contribution is 6.30. The minimum Gasteiger partial charge on any atom is -0.485 e. The zero-order chi connectivity index (χ0) is 20.3. The molecule has 1 N–H and O–H groups in total. The first-order valence-corrected chi connectivity index (χ1v) is 8.57. The van der Waals surface area contributed by atoms with Crippen LogP contribution in [-0.2, 0) is 12.8 Å². The second-order valence-electron chi connectivity index (χ2n) is 5.96. The van der Waals surface area contributed by atoms with E-state index in [1.807, 2.05) is 6.92 Å². The maximum absolute atomic E-state index is 13.0. The lowest BCUT2D eigenvalue weighted by Gasteiger charge is -2.12. The van der Waals surface area contributed by atoms with E-state index in [-0.39, 0.29) is 18.1 Å². The number of aryl methyl sites for hydroxylation is 1. The van der Waals surface area contributed by atoms with Gasteiger partial charge in [0.25, 0.3) is 5.91 Å². The van der Waals surface area contributed by atoms with Crippen molar-refractivity contribution in [2.45, 2.75) is 19.7 Å². The molecule has 0 radical (unpaired) electrons. The zero-order valence-corrected chi connectivity index (χ0v) is 15.4. The minimum atomic E-state index is -4.58. The minimum absolute atomic E-state index is 0.0505. The molecule has 0 bridgehead atoms. The Morgan fingerprint density at radius 3 is 2.61 bits per heavy atom. The summed E-state index contributed by atoms with van der Waals surface area (Å²) in [5.41, 5.74) is -0.441. The quantitative estimate of drug-likeness (QED) is 0.554. The van der Waals surface area contributed by atoms with Crippen molar-refractivity contribution in [2.24, 2.45) is 0 Å². The van der Waals surface area contributed by atoms with Gasteiger partial charge in [-0.15, -0.1) is 0 Å². The van der Waals surface area contributed by atoms with Crippen LogP contribution in [0.25, 0.3) is 0 Å². The van der Waals surface area contributed by atoms with E-state index in [1.165, 1.54) is 30.3 Å². The molecule has 28 heavy (non-hydrogen) atoms. The van der Waals surface area contributed by atoms with E-state index in [0.717, 1.165) is 11.6 Å². The van der Waals surface area contributed by atoms with Gasteiger partial charge in [-0.25, -0.2) is 0 Å². The van der Waals surface area contributed by atoms with Gasteiger partial charge in [0, 0.05) is 5.02 Å². The van der Waals surface area contributed by atoms with E-state index in [9.17, 15) is 18.0 Å². The van der Waals surface area contributed by atoms with Crippen molar-refractivity contribution in [1.29, 1.82) is 0 Å². The molecule has 2 aromatic carbocycles. The Morgan fingerprint density at radius 1 is 1.14 bits per heavy atom. The monoisotopic (exact) mass is 409 g/mol. The molecule has 0 saturated carbocycles. The fourth-order valence-corrected chi connectivity index (χ4v) is 2.75. The highest BCUT2D eigenvalue weighted by Crippen LogP contribution is 2.34. The van der Waals surface area contributed by atoms with Gasteiger partial charge in [0.2, 0.25) is 0 Å². The number of carbonyl (C=O) groups excluding carboxylic acids is 1. The molecule has 1 amide bonds.